The van der Waals surface area contributed by atoms with Gasteiger partial charge in [0.05, 0.1) is 0 Å². The highest BCUT2D eigenvalue weighted by Crippen LogP contribution is 2.27. The fourth-order valence-electron chi connectivity index (χ4n) is 2.69. The molecule has 0 amide bonds. The molecule has 0 saturated heterocycles. The number of rotatable bonds is 6. The van der Waals surface area contributed by atoms with Crippen molar-refractivity contribution < 1.29 is 0 Å². The van der Waals surface area contributed by atoms with E-state index in [9.17, 15) is 0 Å². The van der Waals surface area contributed by atoms with Gasteiger partial charge in [-0.2, -0.15) is 0 Å². The summed E-state index contributed by atoms with van der Waals surface area (Å²) < 4.78 is 0. The average molecular weight is 269 g/mol. The second-order valence-electron chi connectivity index (χ2n) is 4.90. The molecule has 0 unspecified atom stereocenters. The predicted octanol–water partition coefficient (Wildman–Crippen LogP) is 3.70. The van der Waals surface area contributed by atoms with E-state index in [0.717, 1.165) is 13.1 Å². The molecular formula is C15H25ClN2. The zero-order valence-corrected chi connectivity index (χ0v) is 12.4. The number of nitrogens with one attached hydrogen (secondary N) is 1. The first-order valence-corrected chi connectivity index (χ1v) is 6.92. The fourth-order valence-corrected chi connectivity index (χ4v) is 2.69. The van der Waals surface area contributed by atoms with E-state index in [1.165, 1.54) is 49.2 Å². The van der Waals surface area contributed by atoms with E-state index in [-0.39, 0.29) is 12.4 Å². The van der Waals surface area contributed by atoms with Crippen LogP contribution in [0.1, 0.15) is 37.8 Å². The predicted molar refractivity (Wildman–Crippen MR) is 81.7 cm³/mol. The summed E-state index contributed by atoms with van der Waals surface area (Å²) in [6.45, 7) is 9.13. The molecule has 0 radical (unpaired) electrons. The lowest BCUT2D eigenvalue weighted by atomic mass is 10.1. The number of hydrogen-bond donors (Lipinski definition) is 1. The molecule has 0 spiro atoms. The van der Waals surface area contributed by atoms with Crippen molar-refractivity contribution in [3.63, 3.8) is 0 Å². The second-order valence-corrected chi connectivity index (χ2v) is 4.90. The van der Waals surface area contributed by atoms with Crippen LogP contribution in [0.5, 0.6) is 0 Å². The Hall–Kier alpha value is -0.730. The van der Waals surface area contributed by atoms with Crippen molar-refractivity contribution in [2.75, 3.05) is 25.0 Å². The van der Waals surface area contributed by atoms with Crippen LogP contribution in [0.25, 0.3) is 0 Å². The molecule has 1 aromatic carbocycles. The monoisotopic (exact) mass is 268 g/mol. The summed E-state index contributed by atoms with van der Waals surface area (Å²) in [6.07, 6.45) is 3.66. The first kappa shape index (κ1) is 15.3. The number of para-hydroxylation sites is 1. The van der Waals surface area contributed by atoms with E-state index in [0.29, 0.717) is 0 Å². The van der Waals surface area contributed by atoms with E-state index < -0.39 is 0 Å². The summed E-state index contributed by atoms with van der Waals surface area (Å²) in [5.41, 5.74) is 4.38. The number of fused-ring (bicyclic) bond motifs is 1. The maximum atomic E-state index is 3.53. The summed E-state index contributed by atoms with van der Waals surface area (Å²) in [6, 6.07) is 6.73. The van der Waals surface area contributed by atoms with Crippen LogP contribution in [-0.4, -0.2) is 24.5 Å². The van der Waals surface area contributed by atoms with E-state index in [1.807, 2.05) is 0 Å². The first-order chi connectivity index (χ1) is 8.35. The van der Waals surface area contributed by atoms with Gasteiger partial charge in [-0.3, -0.25) is 4.90 Å². The Kier molecular flexibility index (Phi) is 6.51. The highest BCUT2D eigenvalue weighted by Gasteiger charge is 2.15. The van der Waals surface area contributed by atoms with Gasteiger partial charge in [-0.1, -0.05) is 32.0 Å². The minimum absolute atomic E-state index is 0. The molecule has 1 aliphatic rings. The van der Waals surface area contributed by atoms with Gasteiger partial charge in [-0.25, -0.2) is 0 Å². The SMILES string of the molecule is CCCN(CCC)Cc1cccc2c1NCC2.Cl. The summed E-state index contributed by atoms with van der Waals surface area (Å²) in [5, 5.41) is 3.53. The highest BCUT2D eigenvalue weighted by atomic mass is 35.5. The van der Waals surface area contributed by atoms with Crippen LogP contribution in [0.3, 0.4) is 0 Å². The van der Waals surface area contributed by atoms with Crippen LogP contribution in [0, 0.1) is 0 Å². The van der Waals surface area contributed by atoms with Gasteiger partial charge in [0.1, 0.15) is 0 Å². The molecule has 0 atom stereocenters. The van der Waals surface area contributed by atoms with Crippen molar-refractivity contribution in [3.05, 3.63) is 29.3 Å². The smallest absolute Gasteiger partial charge is 0.0419 e. The van der Waals surface area contributed by atoms with Crippen LogP contribution in [0.2, 0.25) is 0 Å². The molecular weight excluding hydrogens is 244 g/mol. The van der Waals surface area contributed by atoms with Crippen molar-refractivity contribution >= 4 is 18.1 Å². The van der Waals surface area contributed by atoms with Gasteiger partial charge in [0.25, 0.3) is 0 Å². The summed E-state index contributed by atoms with van der Waals surface area (Å²) in [4.78, 5) is 2.57. The van der Waals surface area contributed by atoms with Crippen molar-refractivity contribution in [2.45, 2.75) is 39.7 Å². The van der Waals surface area contributed by atoms with Gasteiger partial charge in [0, 0.05) is 18.8 Å². The minimum Gasteiger partial charge on any atom is -0.384 e. The van der Waals surface area contributed by atoms with E-state index in [4.69, 9.17) is 0 Å². The number of halogens is 1. The van der Waals surface area contributed by atoms with Gasteiger partial charge in [0.15, 0.2) is 0 Å². The largest absolute Gasteiger partial charge is 0.384 e. The van der Waals surface area contributed by atoms with Crippen LogP contribution in [-0.2, 0) is 13.0 Å². The molecule has 0 aliphatic carbocycles. The maximum absolute atomic E-state index is 3.53. The summed E-state index contributed by atoms with van der Waals surface area (Å²) in [5.74, 6) is 0. The van der Waals surface area contributed by atoms with E-state index in [1.54, 1.807) is 0 Å². The third-order valence-corrected chi connectivity index (χ3v) is 3.41. The number of nitrogens with zero attached hydrogens (tertiary/aromatic N) is 1. The Morgan fingerprint density at radius 1 is 1.17 bits per heavy atom. The Bertz CT molecular complexity index is 360. The highest BCUT2D eigenvalue weighted by molar-refractivity contribution is 5.85. The van der Waals surface area contributed by atoms with Crippen LogP contribution in [0.4, 0.5) is 5.69 Å². The normalized spacial score (nSPS) is 13.1. The Labute approximate surface area is 117 Å². The lowest BCUT2D eigenvalue weighted by Gasteiger charge is -2.22. The van der Waals surface area contributed by atoms with Gasteiger partial charge in [-0.05, 0) is 43.5 Å². The van der Waals surface area contributed by atoms with E-state index in [2.05, 4.69) is 42.3 Å². The molecule has 102 valence electrons. The van der Waals surface area contributed by atoms with Crippen molar-refractivity contribution in [2.24, 2.45) is 0 Å². The standard InChI is InChI=1S/C15H24N2.ClH/c1-3-10-17(11-4-2)12-14-7-5-6-13-8-9-16-15(13)14;/h5-7,16H,3-4,8-12H2,1-2H3;1H. The van der Waals surface area contributed by atoms with Crippen LogP contribution in [0.15, 0.2) is 18.2 Å². The van der Waals surface area contributed by atoms with Crippen molar-refractivity contribution in [1.29, 1.82) is 0 Å². The molecule has 2 rings (SSSR count). The molecule has 18 heavy (non-hydrogen) atoms. The topological polar surface area (TPSA) is 15.3 Å². The summed E-state index contributed by atoms with van der Waals surface area (Å²) >= 11 is 0. The zero-order valence-electron chi connectivity index (χ0n) is 11.5. The van der Waals surface area contributed by atoms with Gasteiger partial charge < -0.3 is 5.32 Å². The fraction of sp³-hybridized carbons (Fsp3) is 0.600. The molecule has 0 aromatic heterocycles. The van der Waals surface area contributed by atoms with Gasteiger partial charge in [0.2, 0.25) is 0 Å². The Morgan fingerprint density at radius 2 is 1.89 bits per heavy atom. The van der Waals surface area contributed by atoms with Crippen LogP contribution < -0.4 is 5.32 Å². The molecule has 1 aromatic rings. The molecule has 1 heterocycles. The second kappa shape index (κ2) is 7.65. The molecule has 1 N–H and O–H groups in total. The zero-order chi connectivity index (χ0) is 12.1. The summed E-state index contributed by atoms with van der Waals surface area (Å²) in [7, 11) is 0. The lowest BCUT2D eigenvalue weighted by molar-refractivity contribution is 0.267. The van der Waals surface area contributed by atoms with E-state index >= 15 is 0 Å². The number of benzene rings is 1. The molecule has 0 bridgehead atoms. The van der Waals surface area contributed by atoms with Gasteiger partial charge in [-0.15, -0.1) is 12.4 Å². The molecule has 2 nitrogen and oxygen atoms in total. The third-order valence-electron chi connectivity index (χ3n) is 3.41. The quantitative estimate of drug-likeness (QED) is 0.846. The molecule has 3 heteroatoms. The maximum Gasteiger partial charge on any atom is 0.0419 e. The Morgan fingerprint density at radius 3 is 2.56 bits per heavy atom. The Balaban J connectivity index is 0.00000162. The molecule has 0 saturated carbocycles. The molecule has 1 aliphatic heterocycles. The first-order valence-electron chi connectivity index (χ1n) is 6.92. The third kappa shape index (κ3) is 3.63. The number of anilines is 1. The van der Waals surface area contributed by atoms with Crippen molar-refractivity contribution in [1.82, 2.24) is 4.90 Å². The molecule has 0 fully saturated rings. The number of hydrogen-bond acceptors (Lipinski definition) is 2. The van der Waals surface area contributed by atoms with Gasteiger partial charge >= 0.3 is 0 Å². The van der Waals surface area contributed by atoms with Crippen LogP contribution >= 0.6 is 12.4 Å². The lowest BCUT2D eigenvalue weighted by Crippen LogP contribution is -2.25. The minimum atomic E-state index is 0. The van der Waals surface area contributed by atoms with Crippen molar-refractivity contribution in [3.8, 4) is 0 Å². The average Bonchev–Trinajstić information content (AvgIpc) is 2.79.